The lowest BCUT2D eigenvalue weighted by molar-refractivity contribution is -0.146. The molecule has 0 aromatic heterocycles. The first-order chi connectivity index (χ1) is 12.1. The fourth-order valence-corrected chi connectivity index (χ4v) is 3.84. The van der Waals surface area contributed by atoms with Crippen molar-refractivity contribution in [3.05, 3.63) is 35.9 Å². The number of hydrogen-bond donors (Lipinski definition) is 2. The first kappa shape index (κ1) is 17.4. The highest BCUT2D eigenvalue weighted by Crippen LogP contribution is 2.40. The van der Waals surface area contributed by atoms with Gasteiger partial charge < -0.3 is 15.8 Å². The summed E-state index contributed by atoms with van der Waals surface area (Å²) >= 11 is 0. The Morgan fingerprint density at radius 3 is 2.72 bits per heavy atom. The number of nitrogens with zero attached hydrogens (tertiary/aromatic N) is 3. The summed E-state index contributed by atoms with van der Waals surface area (Å²) in [5, 5.41) is 17.5. The van der Waals surface area contributed by atoms with Crippen molar-refractivity contribution in [1.82, 2.24) is 4.90 Å². The maximum absolute atomic E-state index is 11.4. The molecule has 25 heavy (non-hydrogen) atoms. The SMILES string of the molecule is CCC(C(=O)O)N1CCC2(CC1)ON=C(c1ccccc1)C2C=NN. The summed E-state index contributed by atoms with van der Waals surface area (Å²) < 4.78 is 0. The molecule has 134 valence electrons. The van der Waals surface area contributed by atoms with Gasteiger partial charge >= 0.3 is 5.97 Å². The molecule has 2 unspecified atom stereocenters. The maximum Gasteiger partial charge on any atom is 0.320 e. The van der Waals surface area contributed by atoms with Gasteiger partial charge in [0, 0.05) is 37.7 Å². The fourth-order valence-electron chi connectivity index (χ4n) is 3.84. The quantitative estimate of drug-likeness (QED) is 0.481. The van der Waals surface area contributed by atoms with Gasteiger partial charge in [0.15, 0.2) is 5.60 Å². The summed E-state index contributed by atoms with van der Waals surface area (Å²) in [4.78, 5) is 19.3. The zero-order valence-electron chi connectivity index (χ0n) is 14.3. The van der Waals surface area contributed by atoms with Gasteiger partial charge in [-0.15, -0.1) is 0 Å². The monoisotopic (exact) mass is 344 g/mol. The number of benzene rings is 1. The zero-order chi connectivity index (χ0) is 17.9. The van der Waals surface area contributed by atoms with Gasteiger partial charge in [-0.3, -0.25) is 9.69 Å². The highest BCUT2D eigenvalue weighted by molar-refractivity contribution is 6.11. The molecule has 7 nitrogen and oxygen atoms in total. The van der Waals surface area contributed by atoms with Crippen molar-refractivity contribution >= 4 is 17.9 Å². The van der Waals surface area contributed by atoms with Crippen molar-refractivity contribution in [2.24, 2.45) is 22.0 Å². The molecular formula is C18H24N4O3. The summed E-state index contributed by atoms with van der Waals surface area (Å²) in [6.45, 7) is 3.20. The van der Waals surface area contributed by atoms with Gasteiger partial charge in [-0.2, -0.15) is 5.10 Å². The van der Waals surface area contributed by atoms with Crippen LogP contribution in [0.15, 0.2) is 40.6 Å². The molecule has 2 aliphatic rings. The second-order valence-corrected chi connectivity index (χ2v) is 6.57. The van der Waals surface area contributed by atoms with E-state index in [1.54, 1.807) is 6.21 Å². The van der Waals surface area contributed by atoms with Gasteiger partial charge in [-0.25, -0.2) is 0 Å². The van der Waals surface area contributed by atoms with Crippen LogP contribution in [0, 0.1) is 5.92 Å². The van der Waals surface area contributed by atoms with Crippen LogP contribution in [0.1, 0.15) is 31.7 Å². The van der Waals surface area contributed by atoms with Crippen molar-refractivity contribution in [3.8, 4) is 0 Å². The van der Waals surface area contributed by atoms with E-state index in [-0.39, 0.29) is 5.92 Å². The number of piperidine rings is 1. The number of likely N-dealkylation sites (tertiary alicyclic amines) is 1. The van der Waals surface area contributed by atoms with Gasteiger partial charge in [0.05, 0.1) is 11.6 Å². The molecule has 3 N–H and O–H groups in total. The molecule has 0 amide bonds. The molecule has 0 aliphatic carbocycles. The lowest BCUT2D eigenvalue weighted by Gasteiger charge is -2.41. The third kappa shape index (κ3) is 3.24. The third-order valence-electron chi connectivity index (χ3n) is 5.25. The Bertz CT molecular complexity index is 666. The fraction of sp³-hybridized carbons (Fsp3) is 0.500. The first-order valence-corrected chi connectivity index (χ1v) is 8.63. The molecule has 3 rings (SSSR count). The summed E-state index contributed by atoms with van der Waals surface area (Å²) in [6.07, 6.45) is 3.66. The number of carboxylic acid groups (broad SMARTS) is 1. The molecular weight excluding hydrogens is 320 g/mol. The Labute approximate surface area is 147 Å². The molecule has 0 radical (unpaired) electrons. The zero-order valence-corrected chi connectivity index (χ0v) is 14.3. The van der Waals surface area contributed by atoms with Crippen molar-refractivity contribution in [2.45, 2.75) is 37.8 Å². The molecule has 1 aromatic carbocycles. The van der Waals surface area contributed by atoms with E-state index in [1.807, 2.05) is 42.2 Å². The molecule has 1 saturated heterocycles. The Balaban J connectivity index is 1.78. The van der Waals surface area contributed by atoms with E-state index in [1.165, 1.54) is 0 Å². The number of hydrazone groups is 1. The van der Waals surface area contributed by atoms with Gasteiger partial charge in [-0.1, -0.05) is 42.4 Å². The first-order valence-electron chi connectivity index (χ1n) is 8.63. The molecule has 2 aliphatic heterocycles. The third-order valence-corrected chi connectivity index (χ3v) is 5.25. The van der Waals surface area contributed by atoms with Crippen LogP contribution in [0.25, 0.3) is 0 Å². The Morgan fingerprint density at radius 1 is 1.48 bits per heavy atom. The number of rotatable bonds is 5. The van der Waals surface area contributed by atoms with Crippen LogP contribution >= 0.6 is 0 Å². The van der Waals surface area contributed by atoms with Crippen molar-refractivity contribution in [1.29, 1.82) is 0 Å². The van der Waals surface area contributed by atoms with Crippen LogP contribution in [0.5, 0.6) is 0 Å². The van der Waals surface area contributed by atoms with E-state index in [4.69, 9.17) is 10.7 Å². The lowest BCUT2D eigenvalue weighted by atomic mass is 9.76. The highest BCUT2D eigenvalue weighted by Gasteiger charge is 2.51. The normalized spacial score (nSPS) is 24.2. The minimum atomic E-state index is -0.771. The number of aliphatic carboxylic acids is 1. The average molecular weight is 344 g/mol. The highest BCUT2D eigenvalue weighted by atomic mass is 16.7. The molecule has 1 aromatic rings. The molecule has 2 heterocycles. The predicted octanol–water partition coefficient (Wildman–Crippen LogP) is 1.68. The standard InChI is InChI=1S/C18H24N4O3/c1-2-15(17(23)24)22-10-8-18(9-11-22)14(12-20-19)16(21-25-18)13-6-4-3-5-7-13/h3-7,12,14-15H,2,8-11,19H2,1H3,(H,23,24). The van der Waals surface area contributed by atoms with Crippen molar-refractivity contribution in [3.63, 3.8) is 0 Å². The molecule has 1 spiro atoms. The Hall–Kier alpha value is -2.41. The van der Waals surface area contributed by atoms with Gasteiger partial charge in [0.25, 0.3) is 0 Å². The van der Waals surface area contributed by atoms with E-state index in [0.717, 1.165) is 11.3 Å². The predicted molar refractivity (Wildman–Crippen MR) is 95.5 cm³/mol. The molecule has 1 fully saturated rings. The van der Waals surface area contributed by atoms with Crippen LogP contribution in [-0.4, -0.2) is 52.6 Å². The van der Waals surface area contributed by atoms with Crippen molar-refractivity contribution < 1.29 is 14.7 Å². The van der Waals surface area contributed by atoms with Crippen LogP contribution in [0.3, 0.4) is 0 Å². The van der Waals surface area contributed by atoms with Gasteiger partial charge in [0.1, 0.15) is 6.04 Å². The summed E-state index contributed by atoms with van der Waals surface area (Å²) in [6, 6.07) is 9.41. The van der Waals surface area contributed by atoms with E-state index >= 15 is 0 Å². The number of carboxylic acids is 1. The minimum Gasteiger partial charge on any atom is -0.480 e. The summed E-state index contributed by atoms with van der Waals surface area (Å²) in [5.74, 6) is 4.54. The lowest BCUT2D eigenvalue weighted by Crippen LogP contribution is -2.53. The molecule has 2 atom stereocenters. The van der Waals surface area contributed by atoms with Gasteiger partial charge in [0.2, 0.25) is 0 Å². The topological polar surface area (TPSA) is 101 Å². The van der Waals surface area contributed by atoms with Gasteiger partial charge in [-0.05, 0) is 6.42 Å². The van der Waals surface area contributed by atoms with Crippen LogP contribution in [0.2, 0.25) is 0 Å². The number of carbonyl (C=O) groups is 1. The Kier molecular flexibility index (Phi) is 5.03. The second kappa shape index (κ2) is 7.23. The van der Waals surface area contributed by atoms with Crippen LogP contribution in [-0.2, 0) is 9.63 Å². The molecule has 0 saturated carbocycles. The van der Waals surface area contributed by atoms with E-state index < -0.39 is 17.6 Å². The van der Waals surface area contributed by atoms with E-state index in [9.17, 15) is 9.90 Å². The second-order valence-electron chi connectivity index (χ2n) is 6.57. The van der Waals surface area contributed by atoms with Crippen molar-refractivity contribution in [2.75, 3.05) is 13.1 Å². The number of oxime groups is 1. The number of nitrogens with two attached hydrogens (primary N) is 1. The van der Waals surface area contributed by atoms with Crippen LogP contribution in [0.4, 0.5) is 0 Å². The molecule has 0 bridgehead atoms. The smallest absolute Gasteiger partial charge is 0.320 e. The van der Waals surface area contributed by atoms with Crippen LogP contribution < -0.4 is 5.84 Å². The van der Waals surface area contributed by atoms with E-state index in [0.29, 0.717) is 32.4 Å². The summed E-state index contributed by atoms with van der Waals surface area (Å²) in [5.41, 5.74) is 1.32. The molecule has 7 heteroatoms. The van der Waals surface area contributed by atoms with E-state index in [2.05, 4.69) is 10.3 Å². The number of hydrogen-bond acceptors (Lipinski definition) is 6. The Morgan fingerprint density at radius 2 is 2.16 bits per heavy atom. The minimum absolute atomic E-state index is 0.132. The maximum atomic E-state index is 11.4. The average Bonchev–Trinajstić information content (AvgIpc) is 2.96. The largest absolute Gasteiger partial charge is 0.480 e. The summed E-state index contributed by atoms with van der Waals surface area (Å²) in [7, 11) is 0.